The van der Waals surface area contributed by atoms with Gasteiger partial charge in [0.1, 0.15) is 5.82 Å². The molecule has 1 aliphatic heterocycles. The lowest BCUT2D eigenvalue weighted by Gasteiger charge is -2.34. The van der Waals surface area contributed by atoms with E-state index in [1.165, 1.54) is 26.1 Å². The van der Waals surface area contributed by atoms with Crippen molar-refractivity contribution in [3.63, 3.8) is 0 Å². The summed E-state index contributed by atoms with van der Waals surface area (Å²) in [5.41, 5.74) is 9.82. The van der Waals surface area contributed by atoms with Crippen LogP contribution in [0.5, 0.6) is 5.88 Å². The number of nitrogens with zero attached hydrogens (tertiary/aromatic N) is 4. The van der Waals surface area contributed by atoms with E-state index in [-0.39, 0.29) is 35.2 Å². The zero-order chi connectivity index (χ0) is 24.6. The van der Waals surface area contributed by atoms with E-state index in [2.05, 4.69) is 25.0 Å². The molecule has 3 rings (SSSR count). The van der Waals surface area contributed by atoms with E-state index in [4.69, 9.17) is 11.5 Å². The van der Waals surface area contributed by atoms with Crippen LogP contribution in [-0.4, -0.2) is 52.5 Å². The predicted octanol–water partition coefficient (Wildman–Crippen LogP) is 1.78. The van der Waals surface area contributed by atoms with Gasteiger partial charge in [0.2, 0.25) is 11.8 Å². The number of carbonyl (C=O) groups is 2. The molecule has 0 saturated heterocycles. The second-order valence-corrected chi connectivity index (χ2v) is 7.37. The Bertz CT molecular complexity index is 1140. The van der Waals surface area contributed by atoms with Crippen LogP contribution in [0.3, 0.4) is 0 Å². The molecule has 5 N–H and O–H groups in total. The molecule has 0 fully saturated rings. The summed E-state index contributed by atoms with van der Waals surface area (Å²) >= 11 is 0. The minimum atomic E-state index is -4.59. The number of ether oxygens (including phenoxy) is 1. The summed E-state index contributed by atoms with van der Waals surface area (Å²) in [6.07, 6.45) is -3.93. The van der Waals surface area contributed by atoms with Crippen LogP contribution >= 0.6 is 0 Å². The average Bonchev–Trinajstić information content (AvgIpc) is 2.71. The second-order valence-electron chi connectivity index (χ2n) is 7.37. The molecule has 2 heterocycles. The zero-order valence-electron chi connectivity index (χ0n) is 17.4. The Morgan fingerprint density at radius 1 is 1.33 bits per heavy atom. The highest BCUT2D eigenvalue weighted by Crippen LogP contribution is 2.36. The molecule has 33 heavy (non-hydrogen) atoms. The molecule has 1 aromatic carbocycles. The average molecular weight is 469 g/mol. The van der Waals surface area contributed by atoms with E-state index in [1.807, 2.05) is 0 Å². The van der Waals surface area contributed by atoms with Crippen LogP contribution in [0, 0.1) is 5.82 Å². The smallest absolute Gasteiger partial charge is 0.422 e. The van der Waals surface area contributed by atoms with E-state index < -0.39 is 41.7 Å². The quantitative estimate of drug-likeness (QED) is 0.565. The Balaban J connectivity index is 1.82. The Hall–Kier alpha value is -3.97. The van der Waals surface area contributed by atoms with Crippen LogP contribution < -0.4 is 21.5 Å². The predicted molar refractivity (Wildman–Crippen MR) is 109 cm³/mol. The molecular formula is C19H19F4N7O3. The highest BCUT2D eigenvalue weighted by Gasteiger charge is 2.38. The minimum Gasteiger partial charge on any atom is -0.467 e. The number of carbonyl (C=O) groups excluding carboxylic acids is 2. The van der Waals surface area contributed by atoms with Crippen molar-refractivity contribution >= 4 is 29.3 Å². The van der Waals surface area contributed by atoms with Crippen molar-refractivity contribution in [2.24, 2.45) is 10.7 Å². The fourth-order valence-corrected chi connectivity index (χ4v) is 3.06. The maximum atomic E-state index is 14.6. The zero-order valence-corrected chi connectivity index (χ0v) is 17.4. The third-order valence-electron chi connectivity index (χ3n) is 4.76. The van der Waals surface area contributed by atoms with Crippen molar-refractivity contribution in [3.05, 3.63) is 41.5 Å². The van der Waals surface area contributed by atoms with Gasteiger partial charge < -0.3 is 21.5 Å². The van der Waals surface area contributed by atoms with Gasteiger partial charge in [-0.1, -0.05) is 0 Å². The molecule has 0 saturated carbocycles. The summed E-state index contributed by atoms with van der Waals surface area (Å²) in [5.74, 6) is -2.96. The second kappa shape index (κ2) is 8.52. The number of hydrogen-bond acceptors (Lipinski definition) is 8. The fourth-order valence-electron chi connectivity index (χ4n) is 3.06. The van der Waals surface area contributed by atoms with Crippen LogP contribution in [0.25, 0.3) is 0 Å². The number of anilines is 2. The number of benzene rings is 1. The molecule has 1 aliphatic rings. The summed E-state index contributed by atoms with van der Waals surface area (Å²) < 4.78 is 55.8. The molecule has 1 aromatic heterocycles. The summed E-state index contributed by atoms with van der Waals surface area (Å²) in [7, 11) is 1.44. The minimum absolute atomic E-state index is 0.0136. The topological polar surface area (TPSA) is 149 Å². The molecule has 0 aliphatic carbocycles. The van der Waals surface area contributed by atoms with Crippen LogP contribution in [0.1, 0.15) is 29.4 Å². The number of amides is 2. The third kappa shape index (κ3) is 5.27. The molecule has 1 unspecified atom stereocenters. The van der Waals surface area contributed by atoms with E-state index in [0.29, 0.717) is 0 Å². The van der Waals surface area contributed by atoms with Crippen molar-refractivity contribution in [2.45, 2.75) is 25.1 Å². The van der Waals surface area contributed by atoms with E-state index in [1.54, 1.807) is 0 Å². The molecule has 14 heteroatoms. The van der Waals surface area contributed by atoms with E-state index >= 15 is 0 Å². The molecule has 0 spiro atoms. The summed E-state index contributed by atoms with van der Waals surface area (Å²) in [6, 6.07) is 3.62. The first-order valence-electron chi connectivity index (χ1n) is 9.34. The molecular weight excluding hydrogens is 450 g/mol. The molecule has 10 nitrogen and oxygen atoms in total. The van der Waals surface area contributed by atoms with Gasteiger partial charge in [-0.15, -0.1) is 0 Å². The molecule has 0 radical (unpaired) electrons. The summed E-state index contributed by atoms with van der Waals surface area (Å²) in [6.45, 7) is -0.0764. The van der Waals surface area contributed by atoms with Crippen molar-refractivity contribution < 1.29 is 31.9 Å². The number of nitrogens with two attached hydrogens (primary N) is 2. The number of alkyl halides is 3. The van der Waals surface area contributed by atoms with E-state index in [9.17, 15) is 27.2 Å². The summed E-state index contributed by atoms with van der Waals surface area (Å²) in [5, 5.41) is 2.45. The lowest BCUT2D eigenvalue weighted by molar-refractivity contribution is -0.154. The number of aromatic nitrogens is 2. The first-order valence-corrected chi connectivity index (χ1v) is 9.34. The standard InChI is InChI=1S/C19H19F4N7O3/c1-18(6-13(31)30(2)17(25)29-18)10-5-9(3-4-11(10)20)27-16(32)14-15(24)28-12(7-26-14)33-8-19(21,22)23/h3-5,7H,6,8H2,1-2H3,(H2,24,28)(H2,25,29)(H,27,32). The van der Waals surface area contributed by atoms with Gasteiger partial charge in [0, 0.05) is 18.3 Å². The maximum Gasteiger partial charge on any atom is 0.422 e. The molecule has 2 aromatic rings. The van der Waals surface area contributed by atoms with Gasteiger partial charge in [0.05, 0.1) is 18.2 Å². The Labute approximate surface area is 184 Å². The number of guanidine groups is 1. The first-order chi connectivity index (χ1) is 15.3. The van der Waals surface area contributed by atoms with Crippen molar-refractivity contribution in [1.82, 2.24) is 14.9 Å². The van der Waals surface area contributed by atoms with Crippen molar-refractivity contribution in [3.8, 4) is 5.88 Å². The molecule has 0 bridgehead atoms. The van der Waals surface area contributed by atoms with E-state index in [0.717, 1.165) is 17.2 Å². The number of nitrogens with one attached hydrogen (secondary N) is 1. The molecule has 176 valence electrons. The molecule has 2 amide bonds. The van der Waals surface area contributed by atoms with Gasteiger partial charge in [0.25, 0.3) is 5.91 Å². The van der Waals surface area contributed by atoms with Crippen LogP contribution in [0.15, 0.2) is 29.4 Å². The van der Waals surface area contributed by atoms with Gasteiger partial charge in [-0.25, -0.2) is 14.4 Å². The number of rotatable bonds is 5. The lowest BCUT2D eigenvalue weighted by Crippen LogP contribution is -2.47. The van der Waals surface area contributed by atoms with Crippen LogP contribution in [0.2, 0.25) is 0 Å². The van der Waals surface area contributed by atoms with Gasteiger partial charge in [0.15, 0.2) is 24.1 Å². The lowest BCUT2D eigenvalue weighted by atomic mass is 9.87. The number of nitrogen functional groups attached to an aromatic ring is 1. The number of halogens is 4. The summed E-state index contributed by atoms with van der Waals surface area (Å²) in [4.78, 5) is 37.4. The van der Waals surface area contributed by atoms with Crippen LogP contribution in [-0.2, 0) is 10.3 Å². The van der Waals surface area contributed by atoms with Gasteiger partial charge >= 0.3 is 6.18 Å². The highest BCUT2D eigenvalue weighted by atomic mass is 19.4. The third-order valence-corrected chi connectivity index (χ3v) is 4.76. The van der Waals surface area contributed by atoms with Crippen molar-refractivity contribution in [2.75, 3.05) is 24.7 Å². The Morgan fingerprint density at radius 2 is 2.03 bits per heavy atom. The van der Waals surface area contributed by atoms with Gasteiger partial charge in [-0.2, -0.15) is 18.2 Å². The highest BCUT2D eigenvalue weighted by molar-refractivity contribution is 6.05. The monoisotopic (exact) mass is 469 g/mol. The van der Waals surface area contributed by atoms with Crippen LogP contribution in [0.4, 0.5) is 29.1 Å². The SMILES string of the molecule is CN1C(=O)CC(C)(c2cc(NC(=O)c3ncc(OCC(F)(F)F)nc3N)ccc2F)N=C1N. The Kier molecular flexibility index (Phi) is 6.12. The maximum absolute atomic E-state index is 14.6. The van der Waals surface area contributed by atoms with Gasteiger partial charge in [-0.05, 0) is 25.1 Å². The fraction of sp³-hybridized carbons (Fsp3) is 0.316. The Morgan fingerprint density at radius 3 is 2.64 bits per heavy atom. The van der Waals surface area contributed by atoms with Crippen molar-refractivity contribution in [1.29, 1.82) is 0 Å². The molecule has 1 atom stereocenters. The largest absolute Gasteiger partial charge is 0.467 e. The normalized spacial score (nSPS) is 18.7. The number of aliphatic imine (C=N–C) groups is 1. The number of hydrogen-bond donors (Lipinski definition) is 3. The van der Waals surface area contributed by atoms with Gasteiger partial charge in [-0.3, -0.25) is 14.5 Å². The first kappa shape index (κ1) is 23.7.